The van der Waals surface area contributed by atoms with Gasteiger partial charge in [0.15, 0.2) is 5.96 Å². The maximum absolute atomic E-state index is 13.4. The number of nitrogens with zero attached hydrogens (tertiary/aromatic N) is 2. The maximum atomic E-state index is 13.4. The van der Waals surface area contributed by atoms with Gasteiger partial charge in [-0.3, -0.25) is 4.99 Å². The van der Waals surface area contributed by atoms with E-state index >= 15 is 0 Å². The largest absolute Gasteiger partial charge is 0.392 e. The van der Waals surface area contributed by atoms with E-state index in [0.717, 1.165) is 17.0 Å². The Morgan fingerprint density at radius 1 is 1.35 bits per heavy atom. The highest BCUT2D eigenvalue weighted by molar-refractivity contribution is 7.11. The summed E-state index contributed by atoms with van der Waals surface area (Å²) in [6.07, 6.45) is 2.88. The predicted molar refractivity (Wildman–Crippen MR) is 90.9 cm³/mol. The van der Waals surface area contributed by atoms with Gasteiger partial charge in [0.25, 0.3) is 0 Å². The number of thiazole rings is 1. The first-order chi connectivity index (χ1) is 11.2. The molecule has 5 nitrogen and oxygen atoms in total. The lowest BCUT2D eigenvalue weighted by Crippen LogP contribution is -2.36. The quantitative estimate of drug-likeness (QED) is 0.559. The monoisotopic (exact) mass is 336 g/mol. The first-order valence-electron chi connectivity index (χ1n) is 7.42. The summed E-state index contributed by atoms with van der Waals surface area (Å²) < 4.78 is 13.4. The van der Waals surface area contributed by atoms with Gasteiger partial charge in [-0.2, -0.15) is 0 Å². The van der Waals surface area contributed by atoms with Crippen molar-refractivity contribution in [2.24, 2.45) is 4.99 Å². The minimum absolute atomic E-state index is 0.294. The Morgan fingerprint density at radius 2 is 2.13 bits per heavy atom. The highest BCUT2D eigenvalue weighted by Crippen LogP contribution is 2.13. The fourth-order valence-corrected chi connectivity index (χ4v) is 2.82. The molecule has 23 heavy (non-hydrogen) atoms. The van der Waals surface area contributed by atoms with Crippen molar-refractivity contribution in [1.82, 2.24) is 15.6 Å². The molecule has 0 saturated carbocycles. The van der Waals surface area contributed by atoms with Crippen LogP contribution in [-0.2, 0) is 26.1 Å². The molecule has 1 heterocycles. The van der Waals surface area contributed by atoms with Gasteiger partial charge in [0.2, 0.25) is 0 Å². The third-order valence-electron chi connectivity index (χ3n) is 3.32. The summed E-state index contributed by atoms with van der Waals surface area (Å²) in [6, 6.07) is 4.69. The van der Waals surface area contributed by atoms with Gasteiger partial charge >= 0.3 is 0 Å². The summed E-state index contributed by atoms with van der Waals surface area (Å²) in [6.45, 7) is 2.89. The number of aliphatic hydroxyl groups excluding tert-OH is 1. The van der Waals surface area contributed by atoms with Crippen LogP contribution in [0.15, 0.2) is 29.4 Å². The highest BCUT2D eigenvalue weighted by Gasteiger charge is 2.05. The van der Waals surface area contributed by atoms with Crippen LogP contribution in [0.4, 0.5) is 4.39 Å². The maximum Gasteiger partial charge on any atom is 0.191 e. The number of aromatic nitrogens is 1. The van der Waals surface area contributed by atoms with Gasteiger partial charge in [-0.25, -0.2) is 9.37 Å². The van der Waals surface area contributed by atoms with E-state index in [0.29, 0.717) is 24.6 Å². The second-order valence-electron chi connectivity index (χ2n) is 4.94. The molecule has 3 N–H and O–H groups in total. The summed E-state index contributed by atoms with van der Waals surface area (Å²) >= 11 is 1.68. The molecule has 0 bridgehead atoms. The van der Waals surface area contributed by atoms with Crippen molar-refractivity contribution < 1.29 is 9.50 Å². The molecule has 0 atom stereocenters. The van der Waals surface area contributed by atoms with E-state index in [4.69, 9.17) is 5.11 Å². The van der Waals surface area contributed by atoms with Gasteiger partial charge in [-0.1, -0.05) is 13.0 Å². The lowest BCUT2D eigenvalue weighted by Gasteiger charge is -2.11. The number of benzene rings is 1. The molecule has 0 fully saturated rings. The third-order valence-corrected chi connectivity index (χ3v) is 4.46. The molecule has 2 rings (SSSR count). The SMILES string of the molecule is CCc1cnc(CNC(=NC)NCc2ccc(F)c(CO)c2)s1. The molecule has 7 heteroatoms. The zero-order valence-corrected chi connectivity index (χ0v) is 14.1. The average Bonchev–Trinajstić information content (AvgIpc) is 3.04. The zero-order chi connectivity index (χ0) is 16.7. The van der Waals surface area contributed by atoms with Crippen LogP contribution >= 0.6 is 11.3 Å². The van der Waals surface area contributed by atoms with Crippen LogP contribution in [0.25, 0.3) is 0 Å². The second kappa shape index (κ2) is 8.59. The lowest BCUT2D eigenvalue weighted by atomic mass is 10.1. The number of aliphatic imine (C=N–C) groups is 1. The third kappa shape index (κ3) is 5.01. The number of halogens is 1. The van der Waals surface area contributed by atoms with Crippen LogP contribution < -0.4 is 10.6 Å². The number of aryl methyl sites for hydroxylation is 1. The Morgan fingerprint density at radius 3 is 2.78 bits per heavy atom. The second-order valence-corrected chi connectivity index (χ2v) is 6.14. The summed E-state index contributed by atoms with van der Waals surface area (Å²) in [4.78, 5) is 9.76. The molecule has 0 aliphatic rings. The van der Waals surface area contributed by atoms with Crippen molar-refractivity contribution in [2.75, 3.05) is 7.05 Å². The molecule has 0 radical (unpaired) electrons. The standard InChI is InChI=1S/C16H21FN4OS/c1-3-13-8-19-15(23-13)9-21-16(18-2)20-7-11-4-5-14(17)12(6-11)10-22/h4-6,8,22H,3,7,9-10H2,1-2H3,(H2,18,20,21). The first-order valence-corrected chi connectivity index (χ1v) is 8.24. The molecule has 0 spiro atoms. The summed E-state index contributed by atoms with van der Waals surface area (Å²) in [5.74, 6) is 0.252. The Labute approximate surface area is 139 Å². The normalized spacial score (nSPS) is 11.6. The van der Waals surface area contributed by atoms with E-state index < -0.39 is 5.82 Å². The predicted octanol–water partition coefficient (Wildman–Crippen LogP) is 2.20. The van der Waals surface area contributed by atoms with Gasteiger partial charge < -0.3 is 15.7 Å². The smallest absolute Gasteiger partial charge is 0.191 e. The van der Waals surface area contributed by atoms with E-state index in [9.17, 15) is 4.39 Å². The summed E-state index contributed by atoms with van der Waals surface area (Å²) in [5, 5.41) is 16.5. The van der Waals surface area contributed by atoms with E-state index in [1.54, 1.807) is 30.5 Å². The summed E-state index contributed by atoms with van der Waals surface area (Å²) in [7, 11) is 1.69. The first kappa shape index (κ1) is 17.4. The van der Waals surface area contributed by atoms with Crippen LogP contribution in [0.2, 0.25) is 0 Å². The van der Waals surface area contributed by atoms with Crippen LogP contribution in [-0.4, -0.2) is 23.1 Å². The van der Waals surface area contributed by atoms with Gasteiger partial charge in [-0.15, -0.1) is 11.3 Å². The molecule has 2 aromatic rings. The molecule has 0 saturated heterocycles. The molecule has 124 valence electrons. The number of hydrogen-bond donors (Lipinski definition) is 3. The van der Waals surface area contributed by atoms with Gasteiger partial charge in [0.05, 0.1) is 13.2 Å². The van der Waals surface area contributed by atoms with Crippen molar-refractivity contribution in [3.8, 4) is 0 Å². The van der Waals surface area contributed by atoms with Crippen LogP contribution in [0.5, 0.6) is 0 Å². The topological polar surface area (TPSA) is 69.5 Å². The van der Waals surface area contributed by atoms with Gasteiger partial charge in [-0.05, 0) is 24.1 Å². The van der Waals surface area contributed by atoms with E-state index in [-0.39, 0.29) is 6.61 Å². The molecule has 1 aromatic carbocycles. The fraction of sp³-hybridized carbons (Fsp3) is 0.375. The van der Waals surface area contributed by atoms with E-state index in [1.165, 1.54) is 10.9 Å². The minimum atomic E-state index is -0.394. The van der Waals surface area contributed by atoms with E-state index in [1.807, 2.05) is 6.20 Å². The molecule has 0 unspecified atom stereocenters. The molecular formula is C16H21FN4OS. The Kier molecular flexibility index (Phi) is 6.49. The van der Waals surface area contributed by atoms with Gasteiger partial charge in [0.1, 0.15) is 10.8 Å². The Balaban J connectivity index is 1.87. The summed E-state index contributed by atoms with van der Waals surface area (Å²) in [5.41, 5.74) is 1.17. The fourth-order valence-electron chi connectivity index (χ4n) is 2.02. The average molecular weight is 336 g/mol. The molecule has 0 amide bonds. The van der Waals surface area contributed by atoms with Crippen molar-refractivity contribution in [2.45, 2.75) is 33.0 Å². The van der Waals surface area contributed by atoms with Crippen LogP contribution in [0.3, 0.4) is 0 Å². The molecular weight excluding hydrogens is 315 g/mol. The van der Waals surface area contributed by atoms with Crippen molar-refractivity contribution in [1.29, 1.82) is 0 Å². The number of rotatable bonds is 6. The number of guanidine groups is 1. The number of aliphatic hydroxyl groups is 1. The van der Waals surface area contributed by atoms with Crippen molar-refractivity contribution >= 4 is 17.3 Å². The lowest BCUT2D eigenvalue weighted by molar-refractivity contribution is 0.275. The van der Waals surface area contributed by atoms with Crippen LogP contribution in [0.1, 0.15) is 27.9 Å². The van der Waals surface area contributed by atoms with Gasteiger partial charge in [0, 0.05) is 30.2 Å². The van der Waals surface area contributed by atoms with E-state index in [2.05, 4.69) is 27.5 Å². The Bertz CT molecular complexity index is 672. The molecule has 0 aliphatic carbocycles. The van der Waals surface area contributed by atoms with Crippen molar-refractivity contribution in [3.63, 3.8) is 0 Å². The number of hydrogen-bond acceptors (Lipinski definition) is 4. The number of nitrogens with one attached hydrogen (secondary N) is 2. The van der Waals surface area contributed by atoms with Crippen LogP contribution in [0, 0.1) is 5.82 Å². The zero-order valence-electron chi connectivity index (χ0n) is 13.3. The van der Waals surface area contributed by atoms with Crippen molar-refractivity contribution in [3.05, 3.63) is 51.2 Å². The molecule has 0 aliphatic heterocycles. The Hall–Kier alpha value is -1.99. The highest BCUT2D eigenvalue weighted by atomic mass is 32.1. The minimum Gasteiger partial charge on any atom is -0.392 e. The molecule has 1 aromatic heterocycles.